The fourth-order valence-corrected chi connectivity index (χ4v) is 3.13. The first-order valence-electron chi connectivity index (χ1n) is 8.04. The molecule has 0 spiro atoms. The normalized spacial score (nSPS) is 12.8. The Morgan fingerprint density at radius 2 is 1.68 bits per heavy atom. The summed E-state index contributed by atoms with van der Waals surface area (Å²) in [5.41, 5.74) is 2.98. The first-order valence-corrected chi connectivity index (χ1v) is 8.04. The van der Waals surface area contributed by atoms with Crippen LogP contribution in [-0.2, 0) is 0 Å². The minimum atomic E-state index is 0.675. The molecule has 126 valence electrons. The third kappa shape index (κ3) is 2.54. The van der Waals surface area contributed by atoms with Crippen molar-refractivity contribution in [1.82, 2.24) is 0 Å². The molecular formula is C20H19N3O2. The molecule has 0 aromatic heterocycles. The topological polar surface area (TPSA) is 46.1 Å². The Kier molecular flexibility index (Phi) is 3.69. The van der Waals surface area contributed by atoms with Gasteiger partial charge in [-0.3, -0.25) is 0 Å². The molecule has 3 aromatic carbocycles. The molecule has 5 heteroatoms. The molecule has 0 bridgehead atoms. The average molecular weight is 333 g/mol. The number of methoxy groups -OCH3 is 2. The van der Waals surface area contributed by atoms with Crippen molar-refractivity contribution in [3.63, 3.8) is 0 Å². The van der Waals surface area contributed by atoms with Gasteiger partial charge in [0.1, 0.15) is 0 Å². The van der Waals surface area contributed by atoms with E-state index < -0.39 is 0 Å². The number of hydrogen-bond donors (Lipinski definition) is 1. The van der Waals surface area contributed by atoms with Crippen molar-refractivity contribution >= 4 is 33.8 Å². The Bertz CT molecular complexity index is 977. The molecule has 5 nitrogen and oxygen atoms in total. The highest BCUT2D eigenvalue weighted by molar-refractivity contribution is 6.17. The van der Waals surface area contributed by atoms with Gasteiger partial charge < -0.3 is 19.7 Å². The zero-order chi connectivity index (χ0) is 17.4. The average Bonchev–Trinajstić information content (AvgIpc) is 2.65. The van der Waals surface area contributed by atoms with E-state index in [0.29, 0.717) is 11.5 Å². The van der Waals surface area contributed by atoms with Crippen molar-refractivity contribution in [3.05, 3.63) is 54.6 Å². The lowest BCUT2D eigenvalue weighted by Crippen LogP contribution is -2.34. The number of nitrogens with one attached hydrogen (secondary N) is 1. The molecule has 0 fully saturated rings. The van der Waals surface area contributed by atoms with Crippen molar-refractivity contribution in [2.45, 2.75) is 0 Å². The molecule has 3 aromatic rings. The number of ether oxygens (including phenoxy) is 2. The van der Waals surface area contributed by atoms with Gasteiger partial charge in [-0.1, -0.05) is 24.3 Å². The molecule has 1 N–H and O–H groups in total. The van der Waals surface area contributed by atoms with E-state index in [0.717, 1.165) is 23.0 Å². The zero-order valence-corrected chi connectivity index (χ0v) is 14.4. The molecule has 0 aliphatic carbocycles. The number of nitrogens with zero attached hydrogens (tertiary/aromatic N) is 2. The zero-order valence-electron chi connectivity index (χ0n) is 14.4. The van der Waals surface area contributed by atoms with Crippen LogP contribution in [0.25, 0.3) is 10.8 Å². The summed E-state index contributed by atoms with van der Waals surface area (Å²) in [6.45, 7) is 0. The van der Waals surface area contributed by atoms with Crippen LogP contribution in [0.1, 0.15) is 0 Å². The Morgan fingerprint density at radius 3 is 2.44 bits per heavy atom. The highest BCUT2D eigenvalue weighted by atomic mass is 16.5. The van der Waals surface area contributed by atoms with Crippen LogP contribution < -0.4 is 19.7 Å². The molecule has 1 aliphatic rings. The first-order chi connectivity index (χ1) is 12.2. The van der Waals surface area contributed by atoms with Crippen LogP contribution >= 0.6 is 0 Å². The van der Waals surface area contributed by atoms with Crippen molar-refractivity contribution < 1.29 is 9.47 Å². The number of anilines is 2. The van der Waals surface area contributed by atoms with Crippen LogP contribution in [0.2, 0.25) is 0 Å². The lowest BCUT2D eigenvalue weighted by atomic mass is 10.1. The lowest BCUT2D eigenvalue weighted by molar-refractivity contribution is 0.355. The molecule has 1 heterocycles. The number of benzene rings is 3. The molecule has 0 saturated heterocycles. The number of guanidine groups is 1. The van der Waals surface area contributed by atoms with E-state index in [9.17, 15) is 0 Å². The maximum absolute atomic E-state index is 5.38. The molecule has 0 amide bonds. The second-order valence-electron chi connectivity index (χ2n) is 5.84. The molecular weight excluding hydrogens is 314 g/mol. The fourth-order valence-electron chi connectivity index (χ4n) is 3.13. The smallest absolute Gasteiger partial charge is 0.208 e. The largest absolute Gasteiger partial charge is 0.493 e. The maximum atomic E-state index is 5.38. The minimum absolute atomic E-state index is 0.675. The van der Waals surface area contributed by atoms with Crippen LogP contribution in [-0.4, -0.2) is 27.2 Å². The Hall–Kier alpha value is -3.21. The predicted molar refractivity (Wildman–Crippen MR) is 103 cm³/mol. The van der Waals surface area contributed by atoms with Gasteiger partial charge in [-0.25, -0.2) is 4.99 Å². The highest BCUT2D eigenvalue weighted by Crippen LogP contribution is 2.38. The fraction of sp³-hybridized carbons (Fsp3) is 0.150. The molecule has 1 aliphatic heterocycles. The summed E-state index contributed by atoms with van der Waals surface area (Å²) in [4.78, 5) is 6.86. The summed E-state index contributed by atoms with van der Waals surface area (Å²) in [6.07, 6.45) is 0. The van der Waals surface area contributed by atoms with Crippen LogP contribution in [0, 0.1) is 0 Å². The van der Waals surface area contributed by atoms with Crippen molar-refractivity contribution in [3.8, 4) is 11.5 Å². The van der Waals surface area contributed by atoms with Crippen molar-refractivity contribution in [2.24, 2.45) is 4.99 Å². The van der Waals surface area contributed by atoms with Gasteiger partial charge in [0.15, 0.2) is 11.5 Å². The van der Waals surface area contributed by atoms with Gasteiger partial charge in [0, 0.05) is 24.2 Å². The quantitative estimate of drug-likeness (QED) is 0.771. The Balaban J connectivity index is 1.74. The number of rotatable bonds is 3. The monoisotopic (exact) mass is 333 g/mol. The van der Waals surface area contributed by atoms with Crippen LogP contribution in [0.4, 0.5) is 17.1 Å². The summed E-state index contributed by atoms with van der Waals surface area (Å²) >= 11 is 0. The summed E-state index contributed by atoms with van der Waals surface area (Å²) in [5.74, 6) is 2.13. The van der Waals surface area contributed by atoms with E-state index in [4.69, 9.17) is 14.5 Å². The summed E-state index contributed by atoms with van der Waals surface area (Å²) in [6, 6.07) is 18.2. The molecule has 0 radical (unpaired) electrons. The summed E-state index contributed by atoms with van der Waals surface area (Å²) in [5, 5.41) is 5.74. The van der Waals surface area contributed by atoms with Gasteiger partial charge >= 0.3 is 0 Å². The van der Waals surface area contributed by atoms with E-state index >= 15 is 0 Å². The number of aliphatic imine (C=N–C) groups is 1. The predicted octanol–water partition coefficient (Wildman–Crippen LogP) is 4.41. The summed E-state index contributed by atoms with van der Waals surface area (Å²) < 4.78 is 10.7. The lowest BCUT2D eigenvalue weighted by Gasteiger charge is -2.28. The third-order valence-electron chi connectivity index (χ3n) is 4.41. The second-order valence-corrected chi connectivity index (χ2v) is 5.84. The molecule has 0 unspecified atom stereocenters. The molecule has 0 saturated carbocycles. The van der Waals surface area contributed by atoms with Gasteiger partial charge in [0.05, 0.1) is 25.6 Å². The highest BCUT2D eigenvalue weighted by Gasteiger charge is 2.20. The van der Waals surface area contributed by atoms with Crippen LogP contribution in [0.5, 0.6) is 11.5 Å². The number of hydrogen-bond acceptors (Lipinski definition) is 5. The van der Waals surface area contributed by atoms with Gasteiger partial charge in [-0.05, 0) is 29.7 Å². The van der Waals surface area contributed by atoms with E-state index in [1.165, 1.54) is 10.8 Å². The SMILES string of the molecule is COc1ccc(NC2=Nc3cccc4cccc(c34)N2C)cc1OC. The van der Waals surface area contributed by atoms with Crippen LogP contribution in [0.15, 0.2) is 59.6 Å². The molecule has 4 rings (SSSR count). The standard InChI is InChI=1S/C20H19N3O2/c1-23-16-9-5-7-13-6-4-8-15(19(13)16)22-20(23)21-14-10-11-17(24-2)18(12-14)25-3/h4-12H,1-3H3,(H,21,22). The third-order valence-corrected chi connectivity index (χ3v) is 4.41. The molecule has 25 heavy (non-hydrogen) atoms. The Morgan fingerprint density at radius 1 is 0.920 bits per heavy atom. The van der Waals surface area contributed by atoms with Gasteiger partial charge in [-0.2, -0.15) is 0 Å². The second kappa shape index (κ2) is 6.02. The van der Waals surface area contributed by atoms with Gasteiger partial charge in [0.2, 0.25) is 5.96 Å². The van der Waals surface area contributed by atoms with Crippen molar-refractivity contribution in [2.75, 3.05) is 31.5 Å². The first kappa shape index (κ1) is 15.3. The maximum Gasteiger partial charge on any atom is 0.208 e. The minimum Gasteiger partial charge on any atom is -0.493 e. The van der Waals surface area contributed by atoms with E-state index in [2.05, 4.69) is 34.5 Å². The van der Waals surface area contributed by atoms with Gasteiger partial charge in [-0.15, -0.1) is 0 Å². The van der Waals surface area contributed by atoms with E-state index in [1.807, 2.05) is 37.4 Å². The van der Waals surface area contributed by atoms with Gasteiger partial charge in [0.25, 0.3) is 0 Å². The van der Waals surface area contributed by atoms with E-state index in [-0.39, 0.29) is 0 Å². The van der Waals surface area contributed by atoms with Crippen molar-refractivity contribution in [1.29, 1.82) is 0 Å². The van der Waals surface area contributed by atoms with E-state index in [1.54, 1.807) is 14.2 Å². The summed E-state index contributed by atoms with van der Waals surface area (Å²) in [7, 11) is 5.27. The molecule has 0 atom stereocenters. The Labute approximate surface area is 146 Å². The van der Waals surface area contributed by atoms with Crippen LogP contribution in [0.3, 0.4) is 0 Å².